The Hall–Kier alpha value is -2.67. The SMILES string of the molecule is COc1ccc(CC[NH+](C)CC(=O)Nc2cc(F)ccc2F)cc1OC. The second kappa shape index (κ2) is 9.15. The Balaban J connectivity index is 1.87. The Morgan fingerprint density at radius 2 is 1.81 bits per heavy atom. The van der Waals surface area contributed by atoms with Gasteiger partial charge in [0.05, 0.1) is 33.5 Å². The molecule has 140 valence electrons. The number of hydrogen-bond acceptors (Lipinski definition) is 3. The molecule has 0 bridgehead atoms. The average molecular weight is 365 g/mol. The maximum Gasteiger partial charge on any atom is 0.279 e. The first-order valence-corrected chi connectivity index (χ1v) is 8.20. The van der Waals surface area contributed by atoms with Crippen LogP contribution < -0.4 is 19.7 Å². The maximum absolute atomic E-state index is 13.6. The Labute approximate surface area is 151 Å². The zero-order valence-electron chi connectivity index (χ0n) is 15.1. The molecule has 0 saturated carbocycles. The van der Waals surface area contributed by atoms with E-state index in [-0.39, 0.29) is 18.1 Å². The minimum absolute atomic E-state index is 0.142. The van der Waals surface area contributed by atoms with Crippen molar-refractivity contribution in [3.63, 3.8) is 0 Å². The van der Waals surface area contributed by atoms with Gasteiger partial charge in [-0.15, -0.1) is 0 Å². The number of carbonyl (C=O) groups excluding carboxylic acids is 1. The zero-order chi connectivity index (χ0) is 19.1. The van der Waals surface area contributed by atoms with E-state index in [0.29, 0.717) is 18.0 Å². The molecule has 0 heterocycles. The van der Waals surface area contributed by atoms with Gasteiger partial charge >= 0.3 is 0 Å². The van der Waals surface area contributed by atoms with Gasteiger partial charge in [-0.2, -0.15) is 0 Å². The van der Waals surface area contributed by atoms with Crippen molar-refractivity contribution in [1.29, 1.82) is 0 Å². The summed E-state index contributed by atoms with van der Waals surface area (Å²) in [7, 11) is 5.02. The normalized spacial score (nSPS) is 11.7. The van der Waals surface area contributed by atoms with E-state index in [2.05, 4.69) is 5.32 Å². The molecule has 1 atom stereocenters. The van der Waals surface area contributed by atoms with Crippen molar-refractivity contribution in [3.8, 4) is 11.5 Å². The van der Waals surface area contributed by atoms with E-state index in [0.717, 1.165) is 35.1 Å². The molecule has 2 N–H and O–H groups in total. The van der Waals surface area contributed by atoms with Crippen LogP contribution in [-0.2, 0) is 11.2 Å². The topological polar surface area (TPSA) is 52.0 Å². The number of hydrogen-bond donors (Lipinski definition) is 2. The Kier molecular flexibility index (Phi) is 6.91. The summed E-state index contributed by atoms with van der Waals surface area (Å²) in [5, 5.41) is 2.40. The van der Waals surface area contributed by atoms with Gasteiger partial charge in [0, 0.05) is 12.5 Å². The molecule has 0 saturated heterocycles. The summed E-state index contributed by atoms with van der Waals surface area (Å²) in [6.45, 7) is 0.831. The standard InChI is InChI=1S/C19H22F2N2O3/c1-23(9-8-13-4-7-17(25-2)18(10-13)26-3)12-19(24)22-16-11-14(20)5-6-15(16)21/h4-7,10-11H,8-9,12H2,1-3H3,(H,22,24)/p+1. The van der Waals surface area contributed by atoms with Crippen LogP contribution in [0.1, 0.15) is 5.56 Å². The van der Waals surface area contributed by atoms with E-state index in [1.165, 1.54) is 0 Å². The lowest BCUT2D eigenvalue weighted by molar-refractivity contribution is -0.870. The van der Waals surface area contributed by atoms with Crippen molar-refractivity contribution in [2.75, 3.05) is 39.7 Å². The molecular weight excluding hydrogens is 342 g/mol. The summed E-state index contributed by atoms with van der Waals surface area (Å²) < 4.78 is 37.2. The summed E-state index contributed by atoms with van der Waals surface area (Å²) in [5.74, 6) is -0.326. The molecule has 0 aromatic heterocycles. The lowest BCUT2D eigenvalue weighted by Gasteiger charge is -2.15. The predicted octanol–water partition coefficient (Wildman–Crippen LogP) is 1.68. The molecule has 7 heteroatoms. The predicted molar refractivity (Wildman–Crippen MR) is 94.9 cm³/mol. The third kappa shape index (κ3) is 5.42. The fourth-order valence-electron chi connectivity index (χ4n) is 2.54. The lowest BCUT2D eigenvalue weighted by atomic mass is 10.1. The van der Waals surface area contributed by atoms with Gasteiger partial charge in [-0.25, -0.2) is 8.78 Å². The molecule has 0 spiro atoms. The fraction of sp³-hybridized carbons (Fsp3) is 0.316. The molecule has 0 fully saturated rings. The Morgan fingerprint density at radius 1 is 1.08 bits per heavy atom. The van der Waals surface area contributed by atoms with Gasteiger partial charge in [-0.1, -0.05) is 6.07 Å². The summed E-state index contributed by atoms with van der Waals surface area (Å²) in [6.07, 6.45) is 0.730. The average Bonchev–Trinajstić information content (AvgIpc) is 2.62. The third-order valence-electron chi connectivity index (χ3n) is 3.95. The second-order valence-electron chi connectivity index (χ2n) is 6.00. The van der Waals surface area contributed by atoms with Gasteiger partial charge in [-0.05, 0) is 29.8 Å². The highest BCUT2D eigenvalue weighted by Gasteiger charge is 2.13. The van der Waals surface area contributed by atoms with Gasteiger partial charge in [0.25, 0.3) is 5.91 Å². The molecule has 2 aromatic carbocycles. The van der Waals surface area contributed by atoms with Crippen LogP contribution >= 0.6 is 0 Å². The molecule has 0 radical (unpaired) electrons. The van der Waals surface area contributed by atoms with Gasteiger partial charge in [0.2, 0.25) is 0 Å². The van der Waals surface area contributed by atoms with Gasteiger partial charge in [-0.3, -0.25) is 4.79 Å². The molecule has 1 unspecified atom stereocenters. The highest BCUT2D eigenvalue weighted by molar-refractivity contribution is 5.91. The van der Waals surface area contributed by atoms with Crippen molar-refractivity contribution in [2.45, 2.75) is 6.42 Å². The quantitative estimate of drug-likeness (QED) is 0.748. The Bertz CT molecular complexity index is 768. The third-order valence-corrected chi connectivity index (χ3v) is 3.95. The number of quaternary nitrogens is 1. The summed E-state index contributed by atoms with van der Waals surface area (Å²) >= 11 is 0. The number of nitrogens with one attached hydrogen (secondary N) is 2. The van der Waals surface area contributed by atoms with Crippen molar-refractivity contribution in [2.24, 2.45) is 0 Å². The van der Waals surface area contributed by atoms with Crippen LogP contribution in [0.25, 0.3) is 0 Å². The molecule has 0 aliphatic rings. The van der Waals surface area contributed by atoms with Crippen LogP contribution in [0.15, 0.2) is 36.4 Å². The van der Waals surface area contributed by atoms with Crippen LogP contribution in [0.5, 0.6) is 11.5 Å². The molecule has 2 rings (SSSR count). The van der Waals surface area contributed by atoms with Crippen LogP contribution in [0, 0.1) is 11.6 Å². The highest BCUT2D eigenvalue weighted by atomic mass is 19.1. The molecule has 0 aliphatic carbocycles. The molecule has 0 aliphatic heterocycles. The van der Waals surface area contributed by atoms with Gasteiger partial charge in [0.1, 0.15) is 11.6 Å². The number of benzene rings is 2. The van der Waals surface area contributed by atoms with Crippen LogP contribution in [0.3, 0.4) is 0 Å². The number of carbonyl (C=O) groups is 1. The lowest BCUT2D eigenvalue weighted by Crippen LogP contribution is -3.10. The fourth-order valence-corrected chi connectivity index (χ4v) is 2.54. The number of ether oxygens (including phenoxy) is 2. The first-order valence-electron chi connectivity index (χ1n) is 8.20. The van der Waals surface area contributed by atoms with Crippen molar-refractivity contribution >= 4 is 11.6 Å². The molecular formula is C19H23F2N2O3+. The number of amides is 1. The minimum Gasteiger partial charge on any atom is -0.493 e. The van der Waals surface area contributed by atoms with Crippen LogP contribution in [0.2, 0.25) is 0 Å². The largest absolute Gasteiger partial charge is 0.493 e. The summed E-state index contributed by atoms with van der Waals surface area (Å²) in [5.41, 5.74) is 0.904. The molecule has 2 aromatic rings. The van der Waals surface area contributed by atoms with Crippen LogP contribution in [-0.4, -0.2) is 40.3 Å². The smallest absolute Gasteiger partial charge is 0.279 e. The van der Waals surface area contributed by atoms with E-state index in [1.54, 1.807) is 14.2 Å². The van der Waals surface area contributed by atoms with Gasteiger partial charge < -0.3 is 19.7 Å². The number of anilines is 1. The molecule has 5 nitrogen and oxygen atoms in total. The van der Waals surface area contributed by atoms with Crippen molar-refractivity contribution in [1.82, 2.24) is 0 Å². The summed E-state index contributed by atoms with van der Waals surface area (Å²) in [4.78, 5) is 13.0. The van der Waals surface area contributed by atoms with E-state index in [1.807, 2.05) is 25.2 Å². The van der Waals surface area contributed by atoms with Crippen molar-refractivity contribution < 1.29 is 27.9 Å². The van der Waals surface area contributed by atoms with E-state index < -0.39 is 11.6 Å². The maximum atomic E-state index is 13.6. The number of halogens is 2. The number of rotatable bonds is 8. The molecule has 26 heavy (non-hydrogen) atoms. The highest BCUT2D eigenvalue weighted by Crippen LogP contribution is 2.27. The van der Waals surface area contributed by atoms with Crippen molar-refractivity contribution in [3.05, 3.63) is 53.6 Å². The number of methoxy groups -OCH3 is 2. The van der Waals surface area contributed by atoms with E-state index >= 15 is 0 Å². The van der Waals surface area contributed by atoms with E-state index in [9.17, 15) is 13.6 Å². The zero-order valence-corrected chi connectivity index (χ0v) is 15.1. The first-order chi connectivity index (χ1) is 12.4. The summed E-state index contributed by atoms with van der Waals surface area (Å²) in [6, 6.07) is 8.63. The minimum atomic E-state index is -0.664. The second-order valence-corrected chi connectivity index (χ2v) is 6.00. The van der Waals surface area contributed by atoms with E-state index in [4.69, 9.17) is 9.47 Å². The Morgan fingerprint density at radius 3 is 2.50 bits per heavy atom. The molecule has 1 amide bonds. The van der Waals surface area contributed by atoms with Gasteiger partial charge in [0.15, 0.2) is 18.0 Å². The monoisotopic (exact) mass is 365 g/mol. The first kappa shape index (κ1) is 19.7. The van der Waals surface area contributed by atoms with Crippen LogP contribution in [0.4, 0.5) is 14.5 Å². The number of likely N-dealkylation sites (N-methyl/N-ethyl adjacent to an activating group) is 1.